The van der Waals surface area contributed by atoms with Gasteiger partial charge in [-0.25, -0.2) is 0 Å². The molecule has 0 aromatic heterocycles. The molecule has 2 saturated heterocycles. The molecular formula is C12H8O6. The molecule has 4 unspecified atom stereocenters. The molecule has 6 nitrogen and oxygen atoms in total. The maximum atomic E-state index is 11.4. The molecule has 92 valence electrons. The Balaban J connectivity index is 2.00. The quantitative estimate of drug-likeness (QED) is 0.333. The van der Waals surface area contributed by atoms with E-state index in [4.69, 9.17) is 0 Å². The van der Waals surface area contributed by atoms with Crippen LogP contribution in [-0.2, 0) is 28.7 Å². The van der Waals surface area contributed by atoms with Gasteiger partial charge in [0.2, 0.25) is 0 Å². The van der Waals surface area contributed by atoms with Gasteiger partial charge in [-0.3, -0.25) is 19.2 Å². The number of hydrogen-bond acceptors (Lipinski definition) is 6. The van der Waals surface area contributed by atoms with Gasteiger partial charge in [0.25, 0.3) is 0 Å². The second kappa shape index (κ2) is 3.63. The van der Waals surface area contributed by atoms with Gasteiger partial charge >= 0.3 is 23.9 Å². The van der Waals surface area contributed by atoms with Crippen LogP contribution in [0.2, 0.25) is 0 Å². The summed E-state index contributed by atoms with van der Waals surface area (Å²) < 4.78 is 9.03. The topological polar surface area (TPSA) is 86.7 Å². The maximum Gasteiger partial charge on any atom is 0.321 e. The fourth-order valence-corrected chi connectivity index (χ4v) is 2.33. The van der Waals surface area contributed by atoms with E-state index < -0.39 is 47.5 Å². The normalized spacial score (nSPS) is 41.3. The summed E-state index contributed by atoms with van der Waals surface area (Å²) in [6.07, 6.45) is 5.77. The molecule has 4 atom stereocenters. The van der Waals surface area contributed by atoms with Crippen molar-refractivity contribution in [3.8, 4) is 0 Å². The molecule has 3 rings (SSSR count). The Kier molecular flexibility index (Phi) is 2.19. The fraction of sp³-hybridized carbons (Fsp3) is 0.333. The van der Waals surface area contributed by atoms with Crippen LogP contribution in [0.4, 0.5) is 0 Å². The van der Waals surface area contributed by atoms with Crippen molar-refractivity contribution in [1.29, 1.82) is 0 Å². The number of rotatable bonds is 0. The minimum absolute atomic E-state index is 0.637. The van der Waals surface area contributed by atoms with E-state index in [-0.39, 0.29) is 0 Å². The standard InChI is InChI=1S/C12H8O6/c13-9-5-1-2-6-8(12(16)18-10(6)14)4-3-7(5)11(15)17-9/h1-8H/b2-1-,4-3-. The third-order valence-electron chi connectivity index (χ3n) is 3.32. The first-order chi connectivity index (χ1) is 8.58. The van der Waals surface area contributed by atoms with Gasteiger partial charge in [-0.15, -0.1) is 0 Å². The van der Waals surface area contributed by atoms with Crippen molar-refractivity contribution in [3.05, 3.63) is 24.3 Å². The molecule has 0 aromatic carbocycles. The first-order valence-electron chi connectivity index (χ1n) is 5.45. The zero-order valence-electron chi connectivity index (χ0n) is 9.07. The van der Waals surface area contributed by atoms with E-state index in [1.165, 1.54) is 24.3 Å². The smallest absolute Gasteiger partial charge is 0.321 e. The van der Waals surface area contributed by atoms with Crippen LogP contribution < -0.4 is 0 Å². The molecule has 2 fully saturated rings. The molecule has 0 N–H and O–H groups in total. The molecule has 18 heavy (non-hydrogen) atoms. The highest BCUT2D eigenvalue weighted by Gasteiger charge is 2.46. The molecule has 2 heterocycles. The summed E-state index contributed by atoms with van der Waals surface area (Å²) in [6.45, 7) is 0. The van der Waals surface area contributed by atoms with E-state index in [2.05, 4.69) is 9.47 Å². The van der Waals surface area contributed by atoms with E-state index >= 15 is 0 Å². The van der Waals surface area contributed by atoms with E-state index in [1.807, 2.05) is 0 Å². The van der Waals surface area contributed by atoms with Crippen molar-refractivity contribution < 1.29 is 28.7 Å². The SMILES string of the molecule is O=C1OC(=O)C2/C=C\C3C(=O)OC(=O)C3/C=C\C12. The molecule has 3 aliphatic rings. The molecule has 2 aliphatic heterocycles. The van der Waals surface area contributed by atoms with Crippen LogP contribution in [-0.4, -0.2) is 23.9 Å². The Bertz CT molecular complexity index is 437. The van der Waals surface area contributed by atoms with E-state index in [9.17, 15) is 19.2 Å². The van der Waals surface area contributed by atoms with Crippen LogP contribution in [0.5, 0.6) is 0 Å². The third-order valence-corrected chi connectivity index (χ3v) is 3.32. The summed E-state index contributed by atoms with van der Waals surface area (Å²) in [5.74, 6) is -5.44. The lowest BCUT2D eigenvalue weighted by molar-refractivity contribution is -0.155. The first kappa shape index (κ1) is 10.9. The summed E-state index contributed by atoms with van der Waals surface area (Å²) in [6, 6.07) is 0. The van der Waals surface area contributed by atoms with Crippen molar-refractivity contribution in [2.45, 2.75) is 0 Å². The average Bonchev–Trinajstić information content (AvgIpc) is 2.65. The number of esters is 4. The van der Waals surface area contributed by atoms with Gasteiger partial charge in [0.1, 0.15) is 0 Å². The summed E-state index contributed by atoms with van der Waals surface area (Å²) in [5, 5.41) is 0. The zero-order valence-corrected chi connectivity index (χ0v) is 9.07. The van der Waals surface area contributed by atoms with Crippen LogP contribution in [0.1, 0.15) is 0 Å². The second-order valence-electron chi connectivity index (χ2n) is 4.35. The van der Waals surface area contributed by atoms with Gasteiger partial charge in [-0.2, -0.15) is 0 Å². The van der Waals surface area contributed by atoms with E-state index in [0.717, 1.165) is 0 Å². The first-order valence-corrected chi connectivity index (χ1v) is 5.45. The van der Waals surface area contributed by atoms with Gasteiger partial charge in [-0.1, -0.05) is 24.3 Å². The number of cyclic esters (lactones) is 4. The zero-order chi connectivity index (χ0) is 12.9. The highest BCUT2D eigenvalue weighted by molar-refractivity contribution is 6.01. The molecule has 0 radical (unpaired) electrons. The molecule has 1 aliphatic carbocycles. The molecular weight excluding hydrogens is 240 g/mol. The van der Waals surface area contributed by atoms with Gasteiger partial charge in [0.05, 0.1) is 23.7 Å². The van der Waals surface area contributed by atoms with Crippen molar-refractivity contribution in [2.75, 3.05) is 0 Å². The number of hydrogen-bond donors (Lipinski definition) is 0. The van der Waals surface area contributed by atoms with E-state index in [0.29, 0.717) is 0 Å². The lowest BCUT2D eigenvalue weighted by atomic mass is 9.85. The largest absolute Gasteiger partial charge is 0.392 e. The van der Waals surface area contributed by atoms with Crippen molar-refractivity contribution in [1.82, 2.24) is 0 Å². The number of fused-ring (bicyclic) bond motifs is 2. The van der Waals surface area contributed by atoms with E-state index in [1.54, 1.807) is 0 Å². The molecule has 0 saturated carbocycles. The van der Waals surface area contributed by atoms with Crippen LogP contribution >= 0.6 is 0 Å². The van der Waals surface area contributed by atoms with Crippen molar-refractivity contribution in [3.63, 3.8) is 0 Å². The number of carbonyl (C=O) groups excluding carboxylic acids is 4. The van der Waals surface area contributed by atoms with Gasteiger partial charge < -0.3 is 9.47 Å². The minimum atomic E-state index is -0.724. The maximum absolute atomic E-state index is 11.4. The summed E-state index contributed by atoms with van der Waals surface area (Å²) in [4.78, 5) is 45.6. The molecule has 0 bridgehead atoms. The van der Waals surface area contributed by atoms with Gasteiger partial charge in [-0.05, 0) is 0 Å². The third kappa shape index (κ3) is 1.42. The van der Waals surface area contributed by atoms with Crippen LogP contribution in [0.3, 0.4) is 0 Å². The highest BCUT2D eigenvalue weighted by atomic mass is 16.6. The predicted molar refractivity (Wildman–Crippen MR) is 54.4 cm³/mol. The highest BCUT2D eigenvalue weighted by Crippen LogP contribution is 2.34. The Morgan fingerprint density at radius 3 is 1.00 bits per heavy atom. The van der Waals surface area contributed by atoms with Crippen LogP contribution in [0, 0.1) is 23.7 Å². The predicted octanol–water partition coefficient (Wildman–Crippen LogP) is -0.256. The molecule has 0 aromatic rings. The minimum Gasteiger partial charge on any atom is -0.392 e. The number of carbonyl (C=O) groups is 4. The molecule has 0 amide bonds. The lowest BCUT2D eigenvalue weighted by Gasteiger charge is -2.12. The molecule has 6 heteroatoms. The van der Waals surface area contributed by atoms with Crippen molar-refractivity contribution in [2.24, 2.45) is 23.7 Å². The lowest BCUT2D eigenvalue weighted by Crippen LogP contribution is -2.20. The Morgan fingerprint density at radius 2 is 0.778 bits per heavy atom. The average molecular weight is 248 g/mol. The summed E-state index contributed by atoms with van der Waals surface area (Å²) in [5.41, 5.74) is 0. The second-order valence-corrected chi connectivity index (χ2v) is 4.35. The summed E-state index contributed by atoms with van der Waals surface area (Å²) >= 11 is 0. The monoisotopic (exact) mass is 248 g/mol. The Labute approximate surface area is 101 Å². The van der Waals surface area contributed by atoms with Crippen molar-refractivity contribution >= 4 is 23.9 Å². The fourth-order valence-electron chi connectivity index (χ4n) is 2.33. The van der Waals surface area contributed by atoms with Gasteiger partial charge in [0.15, 0.2) is 0 Å². The van der Waals surface area contributed by atoms with Crippen LogP contribution in [0.25, 0.3) is 0 Å². The molecule has 0 spiro atoms. The Hall–Kier alpha value is -2.24. The number of ether oxygens (including phenoxy) is 2. The summed E-state index contributed by atoms with van der Waals surface area (Å²) in [7, 11) is 0. The van der Waals surface area contributed by atoms with Crippen LogP contribution in [0.15, 0.2) is 24.3 Å². The van der Waals surface area contributed by atoms with Gasteiger partial charge in [0, 0.05) is 0 Å². The Morgan fingerprint density at radius 1 is 0.556 bits per heavy atom.